The van der Waals surface area contributed by atoms with Crippen molar-refractivity contribution < 1.29 is 13.7 Å². The molecule has 0 bridgehead atoms. The summed E-state index contributed by atoms with van der Waals surface area (Å²) in [5.41, 5.74) is 6.83. The Morgan fingerprint density at radius 1 is 1.47 bits per heavy atom. The van der Waals surface area contributed by atoms with Gasteiger partial charge in [0.25, 0.3) is 0 Å². The Morgan fingerprint density at radius 3 is 2.74 bits per heavy atom. The Hall–Kier alpha value is -1.31. The zero-order valence-electron chi connectivity index (χ0n) is 10.4. The number of halogens is 1. The van der Waals surface area contributed by atoms with Crippen LogP contribution in [0.2, 0.25) is 0 Å². The number of hydrogen-bond acceptors (Lipinski definition) is 4. The lowest BCUT2D eigenvalue weighted by Gasteiger charge is -2.12. The van der Waals surface area contributed by atoms with Gasteiger partial charge in [0.2, 0.25) is 0 Å². The molecule has 0 aliphatic heterocycles. The lowest BCUT2D eigenvalue weighted by Crippen LogP contribution is -2.33. The lowest BCUT2D eigenvalue weighted by molar-refractivity contribution is 0.136. The van der Waals surface area contributed by atoms with Crippen LogP contribution in [0.15, 0.2) is 24.3 Å². The number of benzene rings is 1. The van der Waals surface area contributed by atoms with Crippen molar-refractivity contribution in [1.82, 2.24) is 5.32 Å². The quantitative estimate of drug-likeness (QED) is 0.329. The van der Waals surface area contributed by atoms with Crippen LogP contribution in [-0.2, 0) is 11.3 Å². The number of hydrogen-bond donors (Lipinski definition) is 4. The molecule has 0 aliphatic rings. The molecule has 1 atom stereocenters. The van der Waals surface area contributed by atoms with Crippen LogP contribution in [0.3, 0.4) is 0 Å². The van der Waals surface area contributed by atoms with Crippen LogP contribution in [0.25, 0.3) is 0 Å². The van der Waals surface area contributed by atoms with Gasteiger partial charge in [0.05, 0.1) is 19.3 Å². The number of aliphatic hydroxyl groups excluding tert-OH is 1. The SMILES string of the molecule is N=C(N)NCC(O)c1ccc(COCCSF)cc1. The summed E-state index contributed by atoms with van der Waals surface area (Å²) in [6.45, 7) is 0.982. The average Bonchev–Trinajstić information content (AvgIpc) is 2.41. The fourth-order valence-corrected chi connectivity index (χ4v) is 1.62. The zero-order valence-corrected chi connectivity index (χ0v) is 11.3. The van der Waals surface area contributed by atoms with E-state index >= 15 is 0 Å². The fraction of sp³-hybridized carbons (Fsp3) is 0.417. The Morgan fingerprint density at radius 2 is 2.16 bits per heavy atom. The summed E-state index contributed by atoms with van der Waals surface area (Å²) < 4.78 is 17.0. The van der Waals surface area contributed by atoms with Gasteiger partial charge in [0, 0.05) is 24.4 Å². The summed E-state index contributed by atoms with van der Waals surface area (Å²) in [5, 5.41) is 19.4. The Bertz CT molecular complexity index is 389. The fourth-order valence-electron chi connectivity index (χ4n) is 1.44. The monoisotopic (exact) mass is 287 g/mol. The molecule has 5 nitrogen and oxygen atoms in total. The van der Waals surface area contributed by atoms with Crippen molar-refractivity contribution in [3.63, 3.8) is 0 Å². The van der Waals surface area contributed by atoms with E-state index in [1.165, 1.54) is 0 Å². The van der Waals surface area contributed by atoms with E-state index in [-0.39, 0.29) is 24.7 Å². The maximum atomic E-state index is 11.8. The van der Waals surface area contributed by atoms with Crippen LogP contribution >= 0.6 is 12.1 Å². The minimum absolute atomic E-state index is 0.171. The van der Waals surface area contributed by atoms with Crippen molar-refractivity contribution in [3.05, 3.63) is 35.4 Å². The molecule has 0 fully saturated rings. The standard InChI is InChI=1S/C12H18FN3O2S/c13-19-6-5-18-8-9-1-3-10(4-2-9)11(17)7-16-12(14)15/h1-4,11,17H,5-8H2,(H4,14,15,16). The summed E-state index contributed by atoms with van der Waals surface area (Å²) in [6.07, 6.45) is -0.721. The summed E-state index contributed by atoms with van der Waals surface area (Å²) in [7, 11) is 0. The number of nitrogens with one attached hydrogen (secondary N) is 2. The van der Waals surface area contributed by atoms with Gasteiger partial charge < -0.3 is 20.9 Å². The average molecular weight is 287 g/mol. The predicted molar refractivity (Wildman–Crippen MR) is 74.5 cm³/mol. The molecule has 0 heterocycles. The molecular formula is C12H18FN3O2S. The number of guanidine groups is 1. The minimum Gasteiger partial charge on any atom is -0.387 e. The molecule has 19 heavy (non-hydrogen) atoms. The smallest absolute Gasteiger partial charge is 0.185 e. The third-order valence-corrected chi connectivity index (χ3v) is 2.74. The molecule has 0 aromatic heterocycles. The molecule has 0 amide bonds. The normalized spacial score (nSPS) is 12.1. The number of aliphatic hydroxyl groups is 1. The topological polar surface area (TPSA) is 91.4 Å². The van der Waals surface area contributed by atoms with Crippen LogP contribution in [0.1, 0.15) is 17.2 Å². The van der Waals surface area contributed by atoms with Gasteiger partial charge in [0.15, 0.2) is 5.96 Å². The van der Waals surface area contributed by atoms with Gasteiger partial charge in [-0.25, -0.2) is 0 Å². The van der Waals surface area contributed by atoms with E-state index in [2.05, 4.69) is 5.32 Å². The van der Waals surface area contributed by atoms with Crippen molar-refractivity contribution in [2.45, 2.75) is 12.7 Å². The lowest BCUT2D eigenvalue weighted by atomic mass is 10.1. The van der Waals surface area contributed by atoms with Crippen molar-refractivity contribution in [2.75, 3.05) is 18.9 Å². The maximum Gasteiger partial charge on any atom is 0.185 e. The number of nitrogens with two attached hydrogens (primary N) is 1. The van der Waals surface area contributed by atoms with Gasteiger partial charge in [0.1, 0.15) is 0 Å². The molecule has 5 N–H and O–H groups in total. The van der Waals surface area contributed by atoms with E-state index in [4.69, 9.17) is 15.9 Å². The van der Waals surface area contributed by atoms with Crippen molar-refractivity contribution in [3.8, 4) is 0 Å². The molecule has 1 aromatic carbocycles. The zero-order chi connectivity index (χ0) is 14.1. The van der Waals surface area contributed by atoms with Gasteiger partial charge in [-0.05, 0) is 11.1 Å². The summed E-state index contributed by atoms with van der Waals surface area (Å²) in [6, 6.07) is 7.26. The molecule has 0 aliphatic carbocycles. The third kappa shape index (κ3) is 6.42. The molecule has 1 rings (SSSR count). The second-order valence-corrected chi connectivity index (χ2v) is 4.54. The van der Waals surface area contributed by atoms with E-state index < -0.39 is 6.10 Å². The maximum absolute atomic E-state index is 11.8. The van der Waals surface area contributed by atoms with E-state index in [1.54, 1.807) is 12.1 Å². The summed E-state index contributed by atoms with van der Waals surface area (Å²) in [5.74, 6) is 0.155. The first-order chi connectivity index (χ1) is 9.13. The van der Waals surface area contributed by atoms with E-state index in [9.17, 15) is 8.99 Å². The first-order valence-electron chi connectivity index (χ1n) is 5.79. The van der Waals surface area contributed by atoms with E-state index in [0.29, 0.717) is 19.0 Å². The van der Waals surface area contributed by atoms with Crippen molar-refractivity contribution in [2.24, 2.45) is 5.73 Å². The highest BCUT2D eigenvalue weighted by Gasteiger charge is 2.07. The first kappa shape index (κ1) is 15.7. The van der Waals surface area contributed by atoms with Crippen molar-refractivity contribution >= 4 is 18.1 Å². The van der Waals surface area contributed by atoms with E-state index in [1.807, 2.05) is 12.1 Å². The molecule has 1 aromatic rings. The van der Waals surface area contributed by atoms with Crippen LogP contribution < -0.4 is 11.1 Å². The molecule has 1 unspecified atom stereocenters. The van der Waals surface area contributed by atoms with Crippen LogP contribution in [0.4, 0.5) is 3.89 Å². The Kier molecular flexibility index (Phi) is 7.24. The highest BCUT2D eigenvalue weighted by molar-refractivity contribution is 7.94. The highest BCUT2D eigenvalue weighted by Crippen LogP contribution is 2.13. The molecule has 0 radical (unpaired) electrons. The van der Waals surface area contributed by atoms with Crippen LogP contribution in [0.5, 0.6) is 0 Å². The number of ether oxygens (including phenoxy) is 1. The third-order valence-electron chi connectivity index (χ3n) is 2.42. The van der Waals surface area contributed by atoms with Gasteiger partial charge in [-0.3, -0.25) is 5.41 Å². The van der Waals surface area contributed by atoms with Gasteiger partial charge >= 0.3 is 0 Å². The molecule has 0 saturated carbocycles. The molecule has 0 spiro atoms. The van der Waals surface area contributed by atoms with E-state index in [0.717, 1.165) is 11.1 Å². The molecule has 7 heteroatoms. The second kappa shape index (κ2) is 8.73. The van der Waals surface area contributed by atoms with Gasteiger partial charge in [-0.15, -0.1) is 0 Å². The van der Waals surface area contributed by atoms with Crippen molar-refractivity contribution in [1.29, 1.82) is 5.41 Å². The summed E-state index contributed by atoms with van der Waals surface area (Å²) in [4.78, 5) is 0. The predicted octanol–water partition coefficient (Wildman–Crippen LogP) is 1.34. The minimum atomic E-state index is -0.721. The molecular weight excluding hydrogens is 269 g/mol. The Balaban J connectivity index is 2.39. The second-order valence-electron chi connectivity index (χ2n) is 3.92. The first-order valence-corrected chi connectivity index (χ1v) is 6.68. The van der Waals surface area contributed by atoms with Gasteiger partial charge in [-0.2, -0.15) is 3.89 Å². The molecule has 106 valence electrons. The largest absolute Gasteiger partial charge is 0.387 e. The number of rotatable bonds is 8. The summed E-state index contributed by atoms with van der Waals surface area (Å²) >= 11 is 0.258. The highest BCUT2D eigenvalue weighted by atomic mass is 32.2. The molecule has 0 saturated heterocycles. The van der Waals surface area contributed by atoms with Gasteiger partial charge in [-0.1, -0.05) is 24.3 Å². The van der Waals surface area contributed by atoms with Crippen LogP contribution in [0, 0.1) is 5.41 Å². The Labute approximate surface area is 116 Å². The van der Waals surface area contributed by atoms with Crippen LogP contribution in [-0.4, -0.2) is 30.0 Å².